The van der Waals surface area contributed by atoms with E-state index in [-0.39, 0.29) is 36.4 Å². The zero-order valence-corrected chi connectivity index (χ0v) is 9.95. The molecule has 7 heteroatoms. The summed E-state index contributed by atoms with van der Waals surface area (Å²) in [6.07, 6.45) is 1.03. The molecule has 17 heavy (non-hydrogen) atoms. The number of aromatic hydroxyl groups is 1. The van der Waals surface area contributed by atoms with Crippen LogP contribution in [-0.2, 0) is 0 Å². The molecule has 1 N–H and O–H groups in total. The molecule has 0 amide bonds. The van der Waals surface area contributed by atoms with Gasteiger partial charge in [0.1, 0.15) is 5.02 Å². The smallest absolute Gasteiger partial charge is 0.254 e. The van der Waals surface area contributed by atoms with Gasteiger partial charge in [-0.1, -0.05) is 18.5 Å². The highest BCUT2D eigenvalue weighted by atomic mass is 35.5. The van der Waals surface area contributed by atoms with Gasteiger partial charge in [0.15, 0.2) is 0 Å². The van der Waals surface area contributed by atoms with Crippen molar-refractivity contribution in [2.75, 3.05) is 18.0 Å². The lowest BCUT2D eigenvalue weighted by Gasteiger charge is -2.36. The Morgan fingerprint density at radius 3 is 2.88 bits per heavy atom. The first kappa shape index (κ1) is 12.3. The predicted octanol–water partition coefficient (Wildman–Crippen LogP) is 2.32. The van der Waals surface area contributed by atoms with Crippen molar-refractivity contribution in [3.05, 3.63) is 11.2 Å². The third-order valence-corrected chi connectivity index (χ3v) is 3.19. The topological polar surface area (TPSA) is 49.2 Å². The molecule has 2 rings (SSSR count). The van der Waals surface area contributed by atoms with Crippen LogP contribution in [0.5, 0.6) is 5.88 Å². The van der Waals surface area contributed by atoms with Crippen LogP contribution < -0.4 is 4.90 Å². The summed E-state index contributed by atoms with van der Waals surface area (Å²) in [6, 6.07) is 0. The van der Waals surface area contributed by atoms with E-state index in [4.69, 9.17) is 11.6 Å². The molecule has 0 aromatic carbocycles. The second-order valence-corrected chi connectivity index (χ2v) is 4.61. The lowest BCUT2D eigenvalue weighted by molar-refractivity contribution is -0.0653. The first-order chi connectivity index (χ1) is 7.90. The van der Waals surface area contributed by atoms with Gasteiger partial charge >= 0.3 is 0 Å². The fourth-order valence-corrected chi connectivity index (χ4v) is 1.86. The zero-order chi connectivity index (χ0) is 12.6. The molecule has 2 heterocycles. The highest BCUT2D eigenvalue weighted by molar-refractivity contribution is 6.31. The van der Waals surface area contributed by atoms with Crippen molar-refractivity contribution >= 4 is 17.5 Å². The number of halogens is 3. The summed E-state index contributed by atoms with van der Waals surface area (Å²) in [6.45, 7) is 1.81. The van der Waals surface area contributed by atoms with E-state index in [2.05, 4.69) is 9.97 Å². The Morgan fingerprint density at radius 1 is 1.59 bits per heavy atom. The second-order valence-electron chi connectivity index (χ2n) is 4.20. The van der Waals surface area contributed by atoms with Crippen molar-refractivity contribution in [1.29, 1.82) is 0 Å². The van der Waals surface area contributed by atoms with E-state index in [1.165, 1.54) is 13.1 Å². The average Bonchev–Trinajstić information content (AvgIpc) is 2.26. The van der Waals surface area contributed by atoms with E-state index in [0.29, 0.717) is 0 Å². The van der Waals surface area contributed by atoms with Crippen molar-refractivity contribution in [3.63, 3.8) is 0 Å². The zero-order valence-electron chi connectivity index (χ0n) is 9.20. The SMILES string of the molecule is C[C@H]1CN(c2ncc(Cl)c(O)n2)CCC1(F)F. The summed E-state index contributed by atoms with van der Waals surface area (Å²) in [5.41, 5.74) is 0. The molecular formula is C10H12ClF2N3O. The van der Waals surface area contributed by atoms with E-state index < -0.39 is 11.8 Å². The summed E-state index contributed by atoms with van der Waals surface area (Å²) < 4.78 is 26.6. The number of nitrogens with zero attached hydrogens (tertiary/aromatic N) is 3. The standard InChI is InChI=1S/C10H12ClF2N3O/c1-6-5-16(3-2-10(6,12)13)9-14-4-7(11)8(17)15-9/h4,6H,2-3,5H2,1H3,(H,14,15,17)/t6-/m0/s1. The number of alkyl halides is 2. The summed E-state index contributed by atoms with van der Waals surface area (Å²) in [4.78, 5) is 9.32. The third kappa shape index (κ3) is 2.41. The van der Waals surface area contributed by atoms with Gasteiger partial charge in [0.05, 0.1) is 6.20 Å². The molecule has 1 aliphatic heterocycles. The quantitative estimate of drug-likeness (QED) is 0.845. The minimum Gasteiger partial charge on any atom is -0.492 e. The maximum atomic E-state index is 13.3. The number of aromatic nitrogens is 2. The molecule has 4 nitrogen and oxygen atoms in total. The van der Waals surface area contributed by atoms with E-state index in [1.54, 1.807) is 4.90 Å². The summed E-state index contributed by atoms with van der Waals surface area (Å²) >= 11 is 5.58. The molecule has 1 fully saturated rings. The van der Waals surface area contributed by atoms with Gasteiger partial charge < -0.3 is 10.0 Å². The maximum absolute atomic E-state index is 13.3. The predicted molar refractivity (Wildman–Crippen MR) is 59.6 cm³/mol. The highest BCUT2D eigenvalue weighted by Gasteiger charge is 2.41. The number of piperidine rings is 1. The monoisotopic (exact) mass is 263 g/mol. The summed E-state index contributed by atoms with van der Waals surface area (Å²) in [5, 5.41) is 9.39. The first-order valence-corrected chi connectivity index (χ1v) is 5.62. The molecule has 1 aromatic rings. The van der Waals surface area contributed by atoms with Crippen LogP contribution >= 0.6 is 11.6 Å². The Bertz CT molecular complexity index is 430. The number of anilines is 1. The largest absolute Gasteiger partial charge is 0.492 e. The molecular weight excluding hydrogens is 252 g/mol. The lowest BCUT2D eigenvalue weighted by Crippen LogP contribution is -2.46. The first-order valence-electron chi connectivity index (χ1n) is 5.24. The molecule has 1 saturated heterocycles. The Labute approximate surface area is 102 Å². The molecule has 0 radical (unpaired) electrons. The molecule has 1 atom stereocenters. The number of rotatable bonds is 1. The van der Waals surface area contributed by atoms with Gasteiger partial charge in [0.2, 0.25) is 11.8 Å². The average molecular weight is 264 g/mol. The minimum atomic E-state index is -2.65. The molecule has 1 aliphatic rings. The van der Waals surface area contributed by atoms with Crippen LogP contribution in [0.25, 0.3) is 0 Å². The Balaban J connectivity index is 2.17. The number of hydrogen-bond donors (Lipinski definition) is 1. The van der Waals surface area contributed by atoms with Crippen LogP contribution in [0.15, 0.2) is 6.20 Å². The van der Waals surface area contributed by atoms with Crippen molar-refractivity contribution < 1.29 is 13.9 Å². The fourth-order valence-electron chi connectivity index (χ4n) is 1.77. The van der Waals surface area contributed by atoms with E-state index >= 15 is 0 Å². The van der Waals surface area contributed by atoms with Crippen molar-refractivity contribution in [2.45, 2.75) is 19.3 Å². The van der Waals surface area contributed by atoms with Gasteiger partial charge in [-0.3, -0.25) is 0 Å². The number of hydrogen-bond acceptors (Lipinski definition) is 4. The van der Waals surface area contributed by atoms with E-state index in [1.807, 2.05) is 0 Å². The van der Waals surface area contributed by atoms with E-state index in [0.717, 1.165) is 0 Å². The second kappa shape index (κ2) is 4.25. The van der Waals surface area contributed by atoms with Crippen molar-refractivity contribution in [1.82, 2.24) is 9.97 Å². The molecule has 0 bridgehead atoms. The van der Waals surface area contributed by atoms with Crippen molar-refractivity contribution in [3.8, 4) is 5.88 Å². The Hall–Kier alpha value is -1.17. The lowest BCUT2D eigenvalue weighted by atomic mass is 9.96. The fraction of sp³-hybridized carbons (Fsp3) is 0.600. The van der Waals surface area contributed by atoms with E-state index in [9.17, 15) is 13.9 Å². The van der Waals surface area contributed by atoms with Crippen LogP contribution in [-0.4, -0.2) is 34.1 Å². The van der Waals surface area contributed by atoms with Gasteiger partial charge in [0.25, 0.3) is 5.92 Å². The van der Waals surface area contributed by atoms with Crippen LogP contribution in [0.4, 0.5) is 14.7 Å². The molecule has 0 saturated carbocycles. The Kier molecular flexibility index (Phi) is 3.07. The van der Waals surface area contributed by atoms with Gasteiger partial charge in [-0.15, -0.1) is 0 Å². The van der Waals surface area contributed by atoms with Crippen molar-refractivity contribution in [2.24, 2.45) is 5.92 Å². The molecule has 94 valence electrons. The van der Waals surface area contributed by atoms with Gasteiger partial charge in [-0.05, 0) is 0 Å². The summed E-state index contributed by atoms with van der Waals surface area (Å²) in [5.74, 6) is -3.51. The van der Waals surface area contributed by atoms with Crippen LogP contribution in [0.3, 0.4) is 0 Å². The van der Waals surface area contributed by atoms with Crippen LogP contribution in [0.2, 0.25) is 5.02 Å². The van der Waals surface area contributed by atoms with Gasteiger partial charge in [0, 0.05) is 25.4 Å². The Morgan fingerprint density at radius 2 is 2.29 bits per heavy atom. The molecule has 1 aromatic heterocycles. The highest BCUT2D eigenvalue weighted by Crippen LogP contribution is 2.34. The van der Waals surface area contributed by atoms with Crippen LogP contribution in [0.1, 0.15) is 13.3 Å². The molecule has 0 unspecified atom stereocenters. The minimum absolute atomic E-state index is 0.0455. The van der Waals surface area contributed by atoms with Gasteiger partial charge in [-0.25, -0.2) is 13.8 Å². The maximum Gasteiger partial charge on any atom is 0.254 e. The van der Waals surface area contributed by atoms with Gasteiger partial charge in [-0.2, -0.15) is 4.98 Å². The van der Waals surface area contributed by atoms with Crippen LogP contribution in [0, 0.1) is 5.92 Å². The summed E-state index contributed by atoms with van der Waals surface area (Å²) in [7, 11) is 0. The molecule has 0 aliphatic carbocycles. The normalized spacial score (nSPS) is 23.8. The molecule has 0 spiro atoms. The third-order valence-electron chi connectivity index (χ3n) is 2.93.